The van der Waals surface area contributed by atoms with E-state index in [2.05, 4.69) is 5.10 Å². The van der Waals surface area contributed by atoms with Crippen LogP contribution in [0.4, 0.5) is 0 Å². The molecule has 1 saturated heterocycles. The van der Waals surface area contributed by atoms with Gasteiger partial charge in [-0.25, -0.2) is 14.6 Å². The minimum Gasteiger partial charge on any atom is -0.478 e. The lowest BCUT2D eigenvalue weighted by atomic mass is 10.1. The third-order valence-electron chi connectivity index (χ3n) is 5.34. The lowest BCUT2D eigenvalue weighted by molar-refractivity contribution is -0.128. The Bertz CT molecular complexity index is 1190. The average Bonchev–Trinajstić information content (AvgIpc) is 3.13. The first-order valence-electron chi connectivity index (χ1n) is 10.2. The van der Waals surface area contributed by atoms with Gasteiger partial charge in [-0.05, 0) is 41.0 Å². The van der Waals surface area contributed by atoms with Crippen LogP contribution in [0.5, 0.6) is 0 Å². The van der Waals surface area contributed by atoms with Gasteiger partial charge < -0.3 is 10.2 Å². The molecule has 166 valence electrons. The van der Waals surface area contributed by atoms with Gasteiger partial charge in [0.2, 0.25) is 0 Å². The summed E-state index contributed by atoms with van der Waals surface area (Å²) in [6, 6.07) is 22.3. The highest BCUT2D eigenvalue weighted by atomic mass is 16.4. The van der Waals surface area contributed by atoms with E-state index in [1.165, 1.54) is 35.5 Å². The van der Waals surface area contributed by atoms with Gasteiger partial charge in [-0.1, -0.05) is 54.6 Å². The van der Waals surface area contributed by atoms with Crippen molar-refractivity contribution in [2.45, 2.75) is 12.7 Å². The molecular weight excluding hydrogens is 422 g/mol. The van der Waals surface area contributed by atoms with Gasteiger partial charge in [0.25, 0.3) is 5.91 Å². The minimum absolute atomic E-state index is 0.148. The van der Waals surface area contributed by atoms with Crippen molar-refractivity contribution in [1.29, 1.82) is 0 Å². The molecule has 1 aliphatic heterocycles. The van der Waals surface area contributed by atoms with E-state index in [0.717, 1.165) is 11.1 Å². The van der Waals surface area contributed by atoms with Gasteiger partial charge in [-0.3, -0.25) is 9.69 Å². The Morgan fingerprint density at radius 1 is 0.879 bits per heavy atom. The first-order valence-corrected chi connectivity index (χ1v) is 10.2. The minimum atomic E-state index is -1.02. The lowest BCUT2D eigenvalue weighted by Crippen LogP contribution is -2.28. The fourth-order valence-corrected chi connectivity index (χ4v) is 3.70. The number of carbonyl (C=O) groups excluding carboxylic acids is 1. The molecule has 0 aromatic heterocycles. The number of hydrazone groups is 1. The third-order valence-corrected chi connectivity index (χ3v) is 5.34. The normalized spacial score (nSPS) is 16.4. The van der Waals surface area contributed by atoms with Gasteiger partial charge in [0.15, 0.2) is 0 Å². The molecule has 4 rings (SSSR count). The Hall–Kier alpha value is -4.30. The highest BCUT2D eigenvalue weighted by molar-refractivity contribution is 5.90. The fraction of sp³-hybridized carbons (Fsp3) is 0.120. The zero-order chi connectivity index (χ0) is 23.4. The van der Waals surface area contributed by atoms with E-state index in [4.69, 9.17) is 5.11 Å². The Labute approximate surface area is 190 Å². The number of benzene rings is 3. The number of amides is 1. The van der Waals surface area contributed by atoms with E-state index < -0.39 is 18.1 Å². The van der Waals surface area contributed by atoms with Crippen molar-refractivity contribution in [3.63, 3.8) is 0 Å². The van der Waals surface area contributed by atoms with Crippen LogP contribution >= 0.6 is 0 Å². The average molecular weight is 443 g/mol. The quantitative estimate of drug-likeness (QED) is 0.541. The maximum atomic E-state index is 12.9. The summed E-state index contributed by atoms with van der Waals surface area (Å²) in [6.45, 7) is 0.660. The molecule has 0 aliphatic carbocycles. The smallest absolute Gasteiger partial charge is 0.335 e. The monoisotopic (exact) mass is 443 g/mol. The molecule has 3 aromatic rings. The summed E-state index contributed by atoms with van der Waals surface area (Å²) in [5.74, 6) is -2.24. The van der Waals surface area contributed by atoms with Gasteiger partial charge in [-0.2, -0.15) is 5.10 Å². The van der Waals surface area contributed by atoms with Crippen molar-refractivity contribution in [1.82, 2.24) is 9.91 Å². The van der Waals surface area contributed by atoms with Crippen LogP contribution in [-0.2, 0) is 11.3 Å². The highest BCUT2D eigenvalue weighted by Crippen LogP contribution is 2.32. The van der Waals surface area contributed by atoms with Crippen LogP contribution < -0.4 is 0 Å². The summed E-state index contributed by atoms with van der Waals surface area (Å²) in [5.41, 5.74) is 2.74. The molecule has 0 saturated carbocycles. The van der Waals surface area contributed by atoms with E-state index in [1.54, 1.807) is 24.3 Å². The number of aromatic carboxylic acids is 2. The number of carboxylic acid groups (broad SMARTS) is 2. The number of carboxylic acids is 2. The summed E-state index contributed by atoms with van der Waals surface area (Å²) in [7, 11) is 0. The molecule has 1 aliphatic rings. The molecule has 2 N–H and O–H groups in total. The molecule has 0 unspecified atom stereocenters. The van der Waals surface area contributed by atoms with Crippen molar-refractivity contribution in [3.8, 4) is 0 Å². The van der Waals surface area contributed by atoms with Crippen LogP contribution in [0.15, 0.2) is 84.0 Å². The van der Waals surface area contributed by atoms with E-state index in [-0.39, 0.29) is 23.6 Å². The van der Waals surface area contributed by atoms with Gasteiger partial charge in [0, 0.05) is 6.54 Å². The van der Waals surface area contributed by atoms with Crippen LogP contribution in [0.2, 0.25) is 0 Å². The molecule has 0 radical (unpaired) electrons. The van der Waals surface area contributed by atoms with Crippen LogP contribution in [0.3, 0.4) is 0 Å². The topological polar surface area (TPSA) is 111 Å². The number of carbonyl (C=O) groups is 3. The SMILES string of the molecule is O=C(O)c1ccc(/C=N\N2C(=O)CN(Cc3ccccc3)[C@H]2c2ccc(C(=O)O)cc2)cc1. The summed E-state index contributed by atoms with van der Waals surface area (Å²) in [5, 5.41) is 24.0. The standard InChI is InChI=1S/C25H21N3O5/c29-22-16-27(15-18-4-2-1-3-5-18)23(19-10-12-21(13-11-19)25(32)33)28(22)26-14-17-6-8-20(9-7-17)24(30)31/h1-14,23H,15-16H2,(H,30,31)(H,32,33)/b26-14-/t23-/m1/s1. The van der Waals surface area contributed by atoms with Crippen molar-refractivity contribution in [3.05, 3.63) is 107 Å². The molecule has 8 heteroatoms. The highest BCUT2D eigenvalue weighted by Gasteiger charge is 2.39. The van der Waals surface area contributed by atoms with Crippen LogP contribution in [-0.4, -0.2) is 50.7 Å². The molecule has 0 spiro atoms. The molecule has 1 fully saturated rings. The summed E-state index contributed by atoms with van der Waals surface area (Å²) >= 11 is 0. The number of hydrogen-bond donors (Lipinski definition) is 2. The van der Waals surface area contributed by atoms with E-state index >= 15 is 0 Å². The Kier molecular flexibility index (Phi) is 6.28. The fourth-order valence-electron chi connectivity index (χ4n) is 3.70. The molecule has 8 nitrogen and oxygen atoms in total. The molecule has 1 heterocycles. The number of hydrogen-bond acceptors (Lipinski definition) is 5. The Morgan fingerprint density at radius 3 is 2.03 bits per heavy atom. The second-order valence-corrected chi connectivity index (χ2v) is 7.60. The first-order chi connectivity index (χ1) is 15.9. The first kappa shape index (κ1) is 21.9. The predicted molar refractivity (Wildman–Crippen MR) is 121 cm³/mol. The van der Waals surface area contributed by atoms with E-state index in [9.17, 15) is 19.5 Å². The number of nitrogens with zero attached hydrogens (tertiary/aromatic N) is 3. The molecular formula is C25H21N3O5. The summed E-state index contributed by atoms with van der Waals surface area (Å²) in [6.07, 6.45) is 0.990. The predicted octanol–water partition coefficient (Wildman–Crippen LogP) is 3.46. The number of rotatable bonds is 7. The second-order valence-electron chi connectivity index (χ2n) is 7.60. The lowest BCUT2D eigenvalue weighted by Gasteiger charge is -2.27. The zero-order valence-electron chi connectivity index (χ0n) is 17.5. The van der Waals surface area contributed by atoms with Crippen LogP contribution in [0.25, 0.3) is 0 Å². The molecule has 33 heavy (non-hydrogen) atoms. The maximum absolute atomic E-state index is 12.9. The van der Waals surface area contributed by atoms with E-state index in [0.29, 0.717) is 12.1 Å². The molecule has 0 bridgehead atoms. The van der Waals surface area contributed by atoms with Gasteiger partial charge in [-0.15, -0.1) is 0 Å². The van der Waals surface area contributed by atoms with Crippen molar-refractivity contribution < 1.29 is 24.6 Å². The van der Waals surface area contributed by atoms with Crippen LogP contribution in [0, 0.1) is 0 Å². The molecule has 1 amide bonds. The second kappa shape index (κ2) is 9.46. The third kappa shape index (κ3) is 4.97. The zero-order valence-corrected chi connectivity index (χ0v) is 17.5. The van der Waals surface area contributed by atoms with Crippen molar-refractivity contribution in [2.75, 3.05) is 6.54 Å². The van der Waals surface area contributed by atoms with E-state index in [1.807, 2.05) is 35.2 Å². The van der Waals surface area contributed by atoms with Gasteiger partial charge in [0.05, 0.1) is 23.9 Å². The Morgan fingerprint density at radius 2 is 1.45 bits per heavy atom. The Balaban J connectivity index is 1.64. The van der Waals surface area contributed by atoms with Gasteiger partial charge in [0.1, 0.15) is 6.17 Å². The molecule has 1 atom stereocenters. The molecule has 3 aromatic carbocycles. The van der Waals surface area contributed by atoms with Crippen molar-refractivity contribution >= 4 is 24.1 Å². The van der Waals surface area contributed by atoms with Crippen LogP contribution in [0.1, 0.15) is 43.6 Å². The van der Waals surface area contributed by atoms with Gasteiger partial charge >= 0.3 is 11.9 Å². The largest absolute Gasteiger partial charge is 0.478 e. The summed E-state index contributed by atoms with van der Waals surface area (Å²) < 4.78 is 0. The maximum Gasteiger partial charge on any atom is 0.335 e. The summed E-state index contributed by atoms with van der Waals surface area (Å²) in [4.78, 5) is 37.2. The van der Waals surface area contributed by atoms with Crippen molar-refractivity contribution in [2.24, 2.45) is 5.10 Å².